The molecule has 0 radical (unpaired) electrons. The van der Waals surface area contributed by atoms with E-state index in [4.69, 9.17) is 27.9 Å². The zero-order valence-electron chi connectivity index (χ0n) is 16.7. The minimum atomic E-state index is -1.20. The van der Waals surface area contributed by atoms with Crippen LogP contribution < -0.4 is 9.64 Å². The van der Waals surface area contributed by atoms with Gasteiger partial charge in [-0.1, -0.05) is 41.4 Å². The number of Topliss-reactive ketones (excluding diaryl/α,β-unsaturated/α-hetero) is 1. The molecule has 3 aromatic carbocycles. The second-order valence-corrected chi connectivity index (χ2v) is 7.83. The average molecular weight is 472 g/mol. The van der Waals surface area contributed by atoms with Crippen molar-refractivity contribution in [2.45, 2.75) is 6.04 Å². The van der Waals surface area contributed by atoms with Crippen LogP contribution in [0.2, 0.25) is 10.0 Å². The van der Waals surface area contributed by atoms with Crippen LogP contribution in [0.25, 0.3) is 5.76 Å². The molecule has 1 saturated heterocycles. The number of carbonyl (C=O) groups is 2. The highest BCUT2D eigenvalue weighted by Gasteiger charge is 2.47. The van der Waals surface area contributed by atoms with Gasteiger partial charge < -0.3 is 9.84 Å². The van der Waals surface area contributed by atoms with E-state index in [-0.39, 0.29) is 26.7 Å². The lowest BCUT2D eigenvalue weighted by Crippen LogP contribution is -2.29. The van der Waals surface area contributed by atoms with Crippen molar-refractivity contribution in [2.75, 3.05) is 12.0 Å². The van der Waals surface area contributed by atoms with E-state index in [0.717, 1.165) is 4.90 Å². The molecule has 0 aliphatic carbocycles. The molecular weight excluding hydrogens is 456 g/mol. The molecule has 5 nitrogen and oxygen atoms in total. The van der Waals surface area contributed by atoms with Crippen LogP contribution in [0.15, 0.2) is 72.3 Å². The molecular formula is C24H16Cl2FNO4. The normalized spacial score (nSPS) is 17.6. The first kappa shape index (κ1) is 21.9. The Hall–Kier alpha value is -3.35. The summed E-state index contributed by atoms with van der Waals surface area (Å²) in [7, 11) is 1.50. The van der Waals surface area contributed by atoms with Crippen molar-refractivity contribution in [3.63, 3.8) is 0 Å². The molecule has 8 heteroatoms. The molecule has 1 N–H and O–H groups in total. The Morgan fingerprint density at radius 2 is 1.69 bits per heavy atom. The van der Waals surface area contributed by atoms with Gasteiger partial charge in [0.15, 0.2) is 0 Å². The number of hydrogen-bond donors (Lipinski definition) is 1. The van der Waals surface area contributed by atoms with Crippen LogP contribution in [0.3, 0.4) is 0 Å². The van der Waals surface area contributed by atoms with E-state index >= 15 is 0 Å². The summed E-state index contributed by atoms with van der Waals surface area (Å²) >= 11 is 12.0. The third-order valence-electron chi connectivity index (χ3n) is 5.19. The summed E-state index contributed by atoms with van der Waals surface area (Å²) in [4.78, 5) is 27.3. The van der Waals surface area contributed by atoms with E-state index in [1.165, 1.54) is 43.5 Å². The van der Waals surface area contributed by atoms with E-state index < -0.39 is 29.3 Å². The highest BCUT2D eigenvalue weighted by molar-refractivity contribution is 6.51. The fraction of sp³-hybridized carbons (Fsp3) is 0.0833. The number of halogens is 3. The molecule has 32 heavy (non-hydrogen) atoms. The highest BCUT2D eigenvalue weighted by Crippen LogP contribution is 2.43. The Morgan fingerprint density at radius 3 is 2.31 bits per heavy atom. The number of nitrogens with zero attached hydrogens (tertiary/aromatic N) is 1. The lowest BCUT2D eigenvalue weighted by Gasteiger charge is -2.26. The molecule has 0 spiro atoms. The minimum Gasteiger partial charge on any atom is -0.507 e. The van der Waals surface area contributed by atoms with Gasteiger partial charge in [0.25, 0.3) is 11.7 Å². The van der Waals surface area contributed by atoms with Crippen molar-refractivity contribution >= 4 is 46.3 Å². The summed E-state index contributed by atoms with van der Waals surface area (Å²) in [6, 6.07) is 15.3. The zero-order valence-corrected chi connectivity index (χ0v) is 18.2. The van der Waals surface area contributed by atoms with E-state index in [1.54, 1.807) is 30.3 Å². The Bertz CT molecular complexity index is 1260. The topological polar surface area (TPSA) is 66.8 Å². The first-order chi connectivity index (χ1) is 15.3. The molecule has 4 rings (SSSR count). The van der Waals surface area contributed by atoms with Crippen molar-refractivity contribution in [3.8, 4) is 5.75 Å². The molecule has 3 aromatic rings. The number of ether oxygens (including phenoxy) is 1. The van der Waals surface area contributed by atoms with Crippen molar-refractivity contribution < 1.29 is 23.8 Å². The second-order valence-electron chi connectivity index (χ2n) is 7.02. The van der Waals surface area contributed by atoms with Crippen LogP contribution >= 0.6 is 23.2 Å². The fourth-order valence-corrected chi connectivity index (χ4v) is 3.93. The molecule has 0 saturated carbocycles. The molecule has 1 aliphatic rings. The van der Waals surface area contributed by atoms with Crippen molar-refractivity contribution in [2.24, 2.45) is 0 Å². The van der Waals surface area contributed by atoms with E-state index in [9.17, 15) is 19.1 Å². The lowest BCUT2D eigenvalue weighted by atomic mass is 9.94. The Morgan fingerprint density at radius 1 is 1.00 bits per heavy atom. The van der Waals surface area contributed by atoms with Gasteiger partial charge in [-0.2, -0.15) is 0 Å². The van der Waals surface area contributed by atoms with Crippen molar-refractivity contribution in [1.29, 1.82) is 0 Å². The van der Waals surface area contributed by atoms with Gasteiger partial charge in [-0.3, -0.25) is 14.5 Å². The maximum absolute atomic E-state index is 14.8. The summed E-state index contributed by atoms with van der Waals surface area (Å²) in [5.41, 5.74) is 0.321. The number of anilines is 1. The maximum atomic E-state index is 14.8. The second kappa shape index (κ2) is 8.65. The monoisotopic (exact) mass is 471 g/mol. The Kier molecular flexibility index (Phi) is 5.91. The number of ketones is 1. The molecule has 1 unspecified atom stereocenters. The van der Waals surface area contributed by atoms with Gasteiger partial charge in [-0.15, -0.1) is 0 Å². The summed E-state index contributed by atoms with van der Waals surface area (Å²) < 4.78 is 20.0. The number of amides is 1. The molecule has 1 atom stereocenters. The first-order valence-electron chi connectivity index (χ1n) is 9.48. The molecule has 0 bridgehead atoms. The third-order valence-corrected chi connectivity index (χ3v) is 5.93. The van der Waals surface area contributed by atoms with Crippen molar-refractivity contribution in [3.05, 3.63) is 99.3 Å². The average Bonchev–Trinajstić information content (AvgIpc) is 3.06. The summed E-state index contributed by atoms with van der Waals surface area (Å²) in [6.45, 7) is 0. The highest BCUT2D eigenvalue weighted by atomic mass is 35.5. The number of carbonyl (C=O) groups excluding carboxylic acids is 2. The summed E-state index contributed by atoms with van der Waals surface area (Å²) in [6.07, 6.45) is 0. The van der Waals surface area contributed by atoms with Gasteiger partial charge in [-0.25, -0.2) is 4.39 Å². The maximum Gasteiger partial charge on any atom is 0.300 e. The first-order valence-corrected chi connectivity index (χ1v) is 10.2. The molecule has 1 fully saturated rings. The number of rotatable bonds is 4. The van der Waals surface area contributed by atoms with Gasteiger partial charge in [0.2, 0.25) is 0 Å². The van der Waals surface area contributed by atoms with Gasteiger partial charge in [0.05, 0.1) is 28.8 Å². The predicted octanol–water partition coefficient (Wildman–Crippen LogP) is 5.77. The SMILES string of the molecule is COc1ccc(N2C(=O)C(=O)/C(=C(/O)c3ccc(Cl)c(Cl)c3)C2c2ccccc2F)cc1. The summed E-state index contributed by atoms with van der Waals surface area (Å²) in [5.74, 6) is -2.41. The Labute approximate surface area is 193 Å². The largest absolute Gasteiger partial charge is 0.507 e. The Balaban J connectivity index is 1.95. The van der Waals surface area contributed by atoms with E-state index in [2.05, 4.69) is 0 Å². The minimum absolute atomic E-state index is 0.0594. The molecule has 1 aliphatic heterocycles. The predicted molar refractivity (Wildman–Crippen MR) is 121 cm³/mol. The van der Waals surface area contributed by atoms with Crippen LogP contribution in [-0.2, 0) is 9.59 Å². The van der Waals surface area contributed by atoms with Crippen LogP contribution in [0.1, 0.15) is 17.2 Å². The van der Waals surface area contributed by atoms with Gasteiger partial charge in [-0.05, 0) is 48.5 Å². The van der Waals surface area contributed by atoms with Crippen LogP contribution in [0.5, 0.6) is 5.75 Å². The van der Waals surface area contributed by atoms with Crippen molar-refractivity contribution in [1.82, 2.24) is 0 Å². The van der Waals surface area contributed by atoms with E-state index in [1.807, 2.05) is 0 Å². The number of benzene rings is 3. The van der Waals surface area contributed by atoms with Gasteiger partial charge in [0, 0.05) is 16.8 Å². The fourth-order valence-electron chi connectivity index (χ4n) is 3.63. The number of hydrogen-bond acceptors (Lipinski definition) is 4. The zero-order chi connectivity index (χ0) is 23.0. The van der Waals surface area contributed by atoms with Gasteiger partial charge in [0.1, 0.15) is 17.3 Å². The number of methoxy groups -OCH3 is 1. The molecule has 1 amide bonds. The smallest absolute Gasteiger partial charge is 0.300 e. The molecule has 1 heterocycles. The lowest BCUT2D eigenvalue weighted by molar-refractivity contribution is -0.132. The molecule has 0 aromatic heterocycles. The van der Waals surface area contributed by atoms with Crippen LogP contribution in [-0.4, -0.2) is 23.9 Å². The van der Waals surface area contributed by atoms with E-state index in [0.29, 0.717) is 11.4 Å². The molecule has 162 valence electrons. The van der Waals surface area contributed by atoms with Crippen LogP contribution in [0, 0.1) is 5.82 Å². The summed E-state index contributed by atoms with van der Waals surface area (Å²) in [5, 5.41) is 11.4. The number of aliphatic hydroxyl groups is 1. The van der Waals surface area contributed by atoms with Crippen LogP contribution in [0.4, 0.5) is 10.1 Å². The third kappa shape index (κ3) is 3.72. The number of aliphatic hydroxyl groups excluding tert-OH is 1. The standard InChI is InChI=1S/C24H16Cl2FNO4/c1-32-15-9-7-14(8-10-15)28-21(16-4-2-3-5-19(16)27)20(23(30)24(28)31)22(29)13-6-11-17(25)18(26)12-13/h2-12,21,29H,1H3/b22-20+. The van der Waals surface area contributed by atoms with Gasteiger partial charge >= 0.3 is 0 Å². The quantitative estimate of drug-likeness (QED) is 0.298.